The van der Waals surface area contributed by atoms with Crippen molar-refractivity contribution in [1.82, 2.24) is 4.31 Å². The molecule has 2 aliphatic heterocycles. The van der Waals surface area contributed by atoms with Crippen molar-refractivity contribution in [2.75, 3.05) is 6.61 Å². The third-order valence-corrected chi connectivity index (χ3v) is 6.21. The summed E-state index contributed by atoms with van der Waals surface area (Å²) in [5.41, 5.74) is 0. The molecule has 4 atom stereocenters. The van der Waals surface area contributed by atoms with Crippen LogP contribution in [0.15, 0.2) is 35.2 Å². The van der Waals surface area contributed by atoms with E-state index in [0.717, 1.165) is 4.31 Å². The number of hydrogen-bond acceptors (Lipinski definition) is 5. The summed E-state index contributed by atoms with van der Waals surface area (Å²) in [4.78, 5) is 0.159. The number of aliphatic hydroxyl groups is 1. The van der Waals surface area contributed by atoms with Gasteiger partial charge in [0.2, 0.25) is 10.0 Å². The van der Waals surface area contributed by atoms with Crippen LogP contribution >= 0.6 is 0 Å². The molecular weight excluding hydrogens is 306 g/mol. The van der Waals surface area contributed by atoms with Crippen LogP contribution in [0.2, 0.25) is 0 Å². The van der Waals surface area contributed by atoms with Gasteiger partial charge in [0.25, 0.3) is 0 Å². The minimum absolute atomic E-state index is 0.159. The maximum absolute atomic E-state index is 12.9. The molecule has 6 nitrogen and oxygen atoms in total. The molecule has 2 aliphatic rings. The smallest absolute Gasteiger partial charge is 0.245 e. The SMILES string of the molecule is C[C@H]1C(O)N(S(=O)(=O)c2ccccc2)[C@H]2COC(C)(C)O[C@@H]12. The molecule has 0 amide bonds. The fourth-order valence-electron chi connectivity index (χ4n) is 3.13. The highest BCUT2D eigenvalue weighted by molar-refractivity contribution is 7.89. The van der Waals surface area contributed by atoms with Crippen LogP contribution in [0, 0.1) is 5.92 Å². The number of nitrogens with zero attached hydrogens (tertiary/aromatic N) is 1. The quantitative estimate of drug-likeness (QED) is 0.882. The van der Waals surface area contributed by atoms with Crippen molar-refractivity contribution in [2.45, 2.75) is 49.8 Å². The summed E-state index contributed by atoms with van der Waals surface area (Å²) in [6.45, 7) is 5.57. The zero-order valence-corrected chi connectivity index (χ0v) is 13.7. The van der Waals surface area contributed by atoms with Crippen LogP contribution in [0.5, 0.6) is 0 Å². The Morgan fingerprint density at radius 3 is 2.55 bits per heavy atom. The number of aliphatic hydroxyl groups excluding tert-OH is 1. The Bertz CT molecular complexity index is 645. The summed E-state index contributed by atoms with van der Waals surface area (Å²) in [5, 5.41) is 10.5. The molecule has 7 heteroatoms. The Labute approximate surface area is 130 Å². The molecule has 22 heavy (non-hydrogen) atoms. The topological polar surface area (TPSA) is 76.1 Å². The Morgan fingerprint density at radius 1 is 1.27 bits per heavy atom. The molecule has 0 bridgehead atoms. The zero-order chi connectivity index (χ0) is 16.1. The van der Waals surface area contributed by atoms with Crippen molar-refractivity contribution in [3.63, 3.8) is 0 Å². The predicted octanol–water partition coefficient (Wildman–Crippen LogP) is 1.17. The van der Waals surface area contributed by atoms with Crippen LogP contribution in [0.4, 0.5) is 0 Å². The van der Waals surface area contributed by atoms with E-state index < -0.39 is 34.2 Å². The molecule has 1 unspecified atom stereocenters. The molecule has 0 spiro atoms. The lowest BCUT2D eigenvalue weighted by molar-refractivity contribution is -0.285. The standard InChI is InChI=1S/C15H21NO5S/c1-10-13-12(9-20-15(2,3)21-13)16(14(10)17)22(18,19)11-7-5-4-6-8-11/h4-8,10,12-14,17H,9H2,1-3H3/t10-,12+,13+,14?/m1/s1. The molecule has 0 saturated carbocycles. The first kappa shape index (κ1) is 15.9. The normalized spacial score (nSPS) is 35.3. The summed E-state index contributed by atoms with van der Waals surface area (Å²) in [6.07, 6.45) is -1.52. The van der Waals surface area contributed by atoms with Gasteiger partial charge in [0.05, 0.1) is 23.6 Å². The average molecular weight is 327 g/mol. The third kappa shape index (κ3) is 2.47. The van der Waals surface area contributed by atoms with Crippen LogP contribution in [0.3, 0.4) is 0 Å². The Balaban J connectivity index is 1.98. The fraction of sp³-hybridized carbons (Fsp3) is 0.600. The number of hydrogen-bond donors (Lipinski definition) is 1. The Morgan fingerprint density at radius 2 is 1.91 bits per heavy atom. The maximum atomic E-state index is 12.9. The van der Waals surface area contributed by atoms with Gasteiger partial charge in [-0.3, -0.25) is 0 Å². The van der Waals surface area contributed by atoms with E-state index in [1.165, 1.54) is 12.1 Å². The highest BCUT2D eigenvalue weighted by Gasteiger charge is 2.56. The lowest BCUT2D eigenvalue weighted by atomic mass is 10.0. The van der Waals surface area contributed by atoms with E-state index in [4.69, 9.17) is 9.47 Å². The van der Waals surface area contributed by atoms with Gasteiger partial charge in [0.1, 0.15) is 6.23 Å². The lowest BCUT2D eigenvalue weighted by Gasteiger charge is -2.40. The molecule has 1 aromatic carbocycles. The number of fused-ring (bicyclic) bond motifs is 1. The lowest BCUT2D eigenvalue weighted by Crippen LogP contribution is -2.53. The van der Waals surface area contributed by atoms with Crippen molar-refractivity contribution < 1.29 is 23.0 Å². The molecule has 0 aliphatic carbocycles. The molecule has 3 rings (SSSR count). The maximum Gasteiger partial charge on any atom is 0.245 e. The highest BCUT2D eigenvalue weighted by atomic mass is 32.2. The van der Waals surface area contributed by atoms with E-state index in [1.807, 2.05) is 0 Å². The largest absolute Gasteiger partial charge is 0.377 e. The van der Waals surface area contributed by atoms with Crippen molar-refractivity contribution in [1.29, 1.82) is 0 Å². The second kappa shape index (κ2) is 5.28. The van der Waals surface area contributed by atoms with E-state index in [1.54, 1.807) is 39.0 Å². The van der Waals surface area contributed by atoms with Gasteiger partial charge >= 0.3 is 0 Å². The van der Waals surface area contributed by atoms with Crippen LogP contribution in [0.1, 0.15) is 20.8 Å². The molecule has 2 heterocycles. The van der Waals surface area contributed by atoms with E-state index in [-0.39, 0.29) is 17.4 Å². The minimum atomic E-state index is -3.81. The summed E-state index contributed by atoms with van der Waals surface area (Å²) in [6, 6.07) is 7.59. The highest BCUT2D eigenvalue weighted by Crippen LogP contribution is 2.40. The molecule has 0 radical (unpaired) electrons. The average Bonchev–Trinajstić information content (AvgIpc) is 2.71. The van der Waals surface area contributed by atoms with Crippen molar-refractivity contribution in [3.05, 3.63) is 30.3 Å². The van der Waals surface area contributed by atoms with Gasteiger partial charge in [-0.05, 0) is 26.0 Å². The number of ether oxygens (including phenoxy) is 2. The first-order valence-corrected chi connectivity index (χ1v) is 8.76. The Kier molecular flexibility index (Phi) is 3.81. The summed E-state index contributed by atoms with van der Waals surface area (Å²) < 4.78 is 38.3. The third-order valence-electron chi connectivity index (χ3n) is 4.30. The first-order chi connectivity index (χ1) is 10.2. The van der Waals surface area contributed by atoms with E-state index in [2.05, 4.69) is 0 Å². The van der Waals surface area contributed by atoms with Crippen LogP contribution in [0.25, 0.3) is 0 Å². The van der Waals surface area contributed by atoms with Crippen molar-refractivity contribution in [2.24, 2.45) is 5.92 Å². The van der Waals surface area contributed by atoms with Crippen LogP contribution < -0.4 is 0 Å². The van der Waals surface area contributed by atoms with E-state index in [9.17, 15) is 13.5 Å². The number of sulfonamides is 1. The molecule has 2 fully saturated rings. The number of benzene rings is 1. The van der Waals surface area contributed by atoms with Crippen LogP contribution in [-0.4, -0.2) is 48.6 Å². The molecule has 1 aromatic rings. The van der Waals surface area contributed by atoms with E-state index in [0.29, 0.717) is 0 Å². The van der Waals surface area contributed by atoms with Gasteiger partial charge < -0.3 is 14.6 Å². The first-order valence-electron chi connectivity index (χ1n) is 7.32. The van der Waals surface area contributed by atoms with Gasteiger partial charge in [0.15, 0.2) is 5.79 Å². The number of rotatable bonds is 2. The molecule has 2 saturated heterocycles. The predicted molar refractivity (Wildman–Crippen MR) is 79.3 cm³/mol. The van der Waals surface area contributed by atoms with Gasteiger partial charge in [-0.1, -0.05) is 25.1 Å². The van der Waals surface area contributed by atoms with E-state index >= 15 is 0 Å². The van der Waals surface area contributed by atoms with Gasteiger partial charge in [-0.25, -0.2) is 8.42 Å². The minimum Gasteiger partial charge on any atom is -0.377 e. The zero-order valence-electron chi connectivity index (χ0n) is 12.8. The summed E-state index contributed by atoms with van der Waals surface area (Å²) >= 11 is 0. The van der Waals surface area contributed by atoms with Crippen molar-refractivity contribution >= 4 is 10.0 Å². The summed E-state index contributed by atoms with van der Waals surface area (Å²) in [7, 11) is -3.81. The second-order valence-corrected chi connectivity index (χ2v) is 8.12. The fourth-order valence-corrected chi connectivity index (χ4v) is 4.89. The molecule has 122 valence electrons. The van der Waals surface area contributed by atoms with Gasteiger partial charge in [-0.15, -0.1) is 0 Å². The molecule has 0 aromatic heterocycles. The molecule has 1 N–H and O–H groups in total. The van der Waals surface area contributed by atoms with Gasteiger partial charge in [0, 0.05) is 5.92 Å². The molecular formula is C15H21NO5S. The summed E-state index contributed by atoms with van der Waals surface area (Å²) in [5.74, 6) is -1.10. The van der Waals surface area contributed by atoms with Crippen molar-refractivity contribution in [3.8, 4) is 0 Å². The second-order valence-electron chi connectivity index (χ2n) is 6.28. The monoisotopic (exact) mass is 327 g/mol. The van der Waals surface area contributed by atoms with Gasteiger partial charge in [-0.2, -0.15) is 4.31 Å². The van der Waals surface area contributed by atoms with Crippen LogP contribution in [-0.2, 0) is 19.5 Å². The Hall–Kier alpha value is -0.990.